The molecule has 2 rings (SSSR count). The van der Waals surface area contributed by atoms with E-state index in [-0.39, 0.29) is 12.5 Å². The number of carbonyl (C=O) groups is 1. The van der Waals surface area contributed by atoms with Crippen molar-refractivity contribution in [2.24, 2.45) is 0 Å². The van der Waals surface area contributed by atoms with Gasteiger partial charge in [-0.15, -0.1) is 11.3 Å². The van der Waals surface area contributed by atoms with Crippen LogP contribution in [-0.2, 0) is 11.3 Å². The van der Waals surface area contributed by atoms with E-state index in [9.17, 15) is 4.79 Å². The van der Waals surface area contributed by atoms with Crippen molar-refractivity contribution in [3.63, 3.8) is 0 Å². The maximum atomic E-state index is 10.9. The molecule has 2 aromatic heterocycles. The fourth-order valence-electron chi connectivity index (χ4n) is 1.72. The molecule has 5 nitrogen and oxygen atoms in total. The lowest BCUT2D eigenvalue weighted by atomic mass is 10.1. The van der Waals surface area contributed by atoms with Gasteiger partial charge in [-0.25, -0.2) is 0 Å². The Bertz CT molecular complexity index is 507. The largest absolute Gasteiger partial charge is 0.481 e. The van der Waals surface area contributed by atoms with Gasteiger partial charge in [-0.1, -0.05) is 6.07 Å². The Morgan fingerprint density at radius 3 is 3.06 bits per heavy atom. The van der Waals surface area contributed by atoms with E-state index in [2.05, 4.69) is 15.5 Å². The number of carboxylic acids is 1. The summed E-state index contributed by atoms with van der Waals surface area (Å²) in [7, 11) is 0. The Morgan fingerprint density at radius 1 is 1.67 bits per heavy atom. The Hall–Kier alpha value is -1.66. The lowest BCUT2D eigenvalue weighted by Gasteiger charge is -2.15. The third kappa shape index (κ3) is 3.18. The first-order valence-corrected chi connectivity index (χ1v) is 6.52. The number of carboxylic acid groups (broad SMARTS) is 1. The highest BCUT2D eigenvalue weighted by molar-refractivity contribution is 7.10. The van der Waals surface area contributed by atoms with Gasteiger partial charge in [-0.2, -0.15) is 5.10 Å². The van der Waals surface area contributed by atoms with Crippen LogP contribution >= 0.6 is 11.3 Å². The van der Waals surface area contributed by atoms with E-state index in [1.54, 1.807) is 17.5 Å². The number of thiophene rings is 1. The van der Waals surface area contributed by atoms with Crippen molar-refractivity contribution in [1.29, 1.82) is 0 Å². The first kappa shape index (κ1) is 12.8. The number of hydrogen-bond acceptors (Lipinski definition) is 4. The van der Waals surface area contributed by atoms with Gasteiger partial charge >= 0.3 is 5.97 Å². The second-order valence-corrected chi connectivity index (χ2v) is 5.05. The van der Waals surface area contributed by atoms with Crippen molar-refractivity contribution >= 4 is 17.3 Å². The predicted molar refractivity (Wildman–Crippen MR) is 69.5 cm³/mol. The lowest BCUT2D eigenvalue weighted by molar-refractivity contribution is -0.137. The zero-order valence-electron chi connectivity index (χ0n) is 10.0. The molecule has 1 atom stereocenters. The van der Waals surface area contributed by atoms with Crippen LogP contribution in [0, 0.1) is 6.92 Å². The standard InChI is InChI=1S/C12H15N3O2S/c1-8-9(7-14-15-8)6-13-10(5-12(16)17)11-3-2-4-18-11/h2-4,7,10,13H,5-6H2,1H3,(H,14,15)(H,16,17). The molecule has 0 aliphatic rings. The molecule has 0 amide bonds. The molecule has 0 bridgehead atoms. The van der Waals surface area contributed by atoms with E-state index in [0.717, 1.165) is 16.1 Å². The molecule has 6 heteroatoms. The van der Waals surface area contributed by atoms with Crippen molar-refractivity contribution in [1.82, 2.24) is 15.5 Å². The monoisotopic (exact) mass is 265 g/mol. The van der Waals surface area contributed by atoms with Crippen molar-refractivity contribution in [3.8, 4) is 0 Å². The van der Waals surface area contributed by atoms with E-state index in [1.807, 2.05) is 24.4 Å². The minimum absolute atomic E-state index is 0.0808. The number of nitrogens with one attached hydrogen (secondary N) is 2. The maximum Gasteiger partial charge on any atom is 0.305 e. The summed E-state index contributed by atoms with van der Waals surface area (Å²) in [4.78, 5) is 11.9. The summed E-state index contributed by atoms with van der Waals surface area (Å²) in [5.74, 6) is -0.801. The Morgan fingerprint density at radius 2 is 2.50 bits per heavy atom. The summed E-state index contributed by atoms with van der Waals surface area (Å²) < 4.78 is 0. The van der Waals surface area contributed by atoms with E-state index >= 15 is 0 Å². The average molecular weight is 265 g/mol. The van der Waals surface area contributed by atoms with Crippen molar-refractivity contribution < 1.29 is 9.90 Å². The molecule has 1 unspecified atom stereocenters. The molecule has 0 spiro atoms. The Balaban J connectivity index is 2.02. The lowest BCUT2D eigenvalue weighted by Crippen LogP contribution is -2.22. The quantitative estimate of drug-likeness (QED) is 0.747. The zero-order chi connectivity index (χ0) is 13.0. The van der Waals surface area contributed by atoms with E-state index in [0.29, 0.717) is 6.54 Å². The fourth-order valence-corrected chi connectivity index (χ4v) is 2.53. The van der Waals surface area contributed by atoms with Crippen LogP contribution in [0.25, 0.3) is 0 Å². The van der Waals surface area contributed by atoms with Crippen molar-refractivity contribution in [2.45, 2.75) is 25.9 Å². The van der Waals surface area contributed by atoms with Gasteiger partial charge in [0.1, 0.15) is 0 Å². The molecule has 0 saturated heterocycles. The van der Waals surface area contributed by atoms with E-state index in [1.165, 1.54) is 0 Å². The molecule has 0 radical (unpaired) electrons. The van der Waals surface area contributed by atoms with E-state index in [4.69, 9.17) is 5.11 Å². The Kier molecular flexibility index (Phi) is 4.11. The van der Waals surface area contributed by atoms with Crippen LogP contribution in [0.15, 0.2) is 23.7 Å². The second-order valence-electron chi connectivity index (χ2n) is 4.07. The highest BCUT2D eigenvalue weighted by Crippen LogP contribution is 2.22. The second kappa shape index (κ2) is 5.79. The Labute approximate surface area is 109 Å². The first-order chi connectivity index (χ1) is 8.66. The van der Waals surface area contributed by atoms with Crippen LogP contribution in [0.1, 0.15) is 28.6 Å². The number of rotatable bonds is 6. The predicted octanol–water partition coefficient (Wildman–Crippen LogP) is 2.09. The minimum atomic E-state index is -0.801. The minimum Gasteiger partial charge on any atom is -0.481 e. The van der Waals surface area contributed by atoms with Crippen molar-refractivity contribution in [3.05, 3.63) is 39.8 Å². The molecule has 0 fully saturated rings. The van der Waals surface area contributed by atoms with Gasteiger partial charge in [0.05, 0.1) is 18.7 Å². The van der Waals surface area contributed by atoms with Crippen molar-refractivity contribution in [2.75, 3.05) is 0 Å². The van der Waals surface area contributed by atoms with Gasteiger partial charge in [0.25, 0.3) is 0 Å². The van der Waals surface area contributed by atoms with Crippen LogP contribution in [0.4, 0.5) is 0 Å². The third-order valence-electron chi connectivity index (χ3n) is 2.74. The van der Waals surface area contributed by atoms with Crippen LogP contribution in [0.5, 0.6) is 0 Å². The first-order valence-electron chi connectivity index (χ1n) is 5.64. The third-order valence-corrected chi connectivity index (χ3v) is 3.72. The number of aromatic amines is 1. The van der Waals surface area contributed by atoms with Crippen LogP contribution < -0.4 is 5.32 Å². The molecule has 2 aromatic rings. The summed E-state index contributed by atoms with van der Waals surface area (Å²) in [5, 5.41) is 21.0. The molecular weight excluding hydrogens is 250 g/mol. The molecule has 0 aromatic carbocycles. The summed E-state index contributed by atoms with van der Waals surface area (Å²) in [6, 6.07) is 3.73. The van der Waals surface area contributed by atoms with Gasteiger partial charge in [0, 0.05) is 22.7 Å². The summed E-state index contributed by atoms with van der Waals surface area (Å²) in [5.41, 5.74) is 2.06. The highest BCUT2D eigenvalue weighted by Gasteiger charge is 2.16. The number of nitrogens with zero attached hydrogens (tertiary/aromatic N) is 1. The maximum absolute atomic E-state index is 10.9. The summed E-state index contributed by atoms with van der Waals surface area (Å²) >= 11 is 1.57. The molecule has 2 heterocycles. The molecule has 96 valence electrons. The topological polar surface area (TPSA) is 78.0 Å². The molecule has 0 aliphatic heterocycles. The van der Waals surface area contributed by atoms with Crippen LogP contribution in [0.2, 0.25) is 0 Å². The van der Waals surface area contributed by atoms with Gasteiger partial charge in [-0.3, -0.25) is 9.89 Å². The van der Waals surface area contributed by atoms with Crippen LogP contribution in [-0.4, -0.2) is 21.3 Å². The molecule has 0 saturated carbocycles. The van der Waals surface area contributed by atoms with Gasteiger partial charge in [-0.05, 0) is 18.4 Å². The van der Waals surface area contributed by atoms with Crippen LogP contribution in [0.3, 0.4) is 0 Å². The number of H-pyrrole nitrogens is 1. The highest BCUT2D eigenvalue weighted by atomic mass is 32.1. The number of aryl methyl sites for hydroxylation is 1. The van der Waals surface area contributed by atoms with E-state index < -0.39 is 5.97 Å². The van der Waals surface area contributed by atoms with Gasteiger partial charge < -0.3 is 10.4 Å². The smallest absolute Gasteiger partial charge is 0.305 e. The molecule has 3 N–H and O–H groups in total. The fraction of sp³-hybridized carbons (Fsp3) is 0.333. The number of aliphatic carboxylic acids is 1. The number of aromatic nitrogens is 2. The SMILES string of the molecule is Cc1[nH]ncc1CNC(CC(=O)O)c1cccs1. The summed E-state index contributed by atoms with van der Waals surface area (Å²) in [6.45, 7) is 2.56. The summed E-state index contributed by atoms with van der Waals surface area (Å²) in [6.07, 6.45) is 1.84. The normalized spacial score (nSPS) is 12.5. The molecular formula is C12H15N3O2S. The molecule has 18 heavy (non-hydrogen) atoms. The average Bonchev–Trinajstić information content (AvgIpc) is 2.95. The zero-order valence-corrected chi connectivity index (χ0v) is 10.8. The number of hydrogen-bond donors (Lipinski definition) is 3. The molecule has 0 aliphatic carbocycles. The van der Waals surface area contributed by atoms with Gasteiger partial charge in [0.2, 0.25) is 0 Å². The van der Waals surface area contributed by atoms with Gasteiger partial charge in [0.15, 0.2) is 0 Å².